The third-order valence-corrected chi connectivity index (χ3v) is 3.59. The Balaban J connectivity index is 1.67. The highest BCUT2D eigenvalue weighted by Gasteiger charge is 2.10. The van der Waals surface area contributed by atoms with Crippen molar-refractivity contribution in [2.24, 2.45) is 0 Å². The van der Waals surface area contributed by atoms with Crippen molar-refractivity contribution in [3.8, 4) is 5.75 Å². The zero-order chi connectivity index (χ0) is 17.6. The van der Waals surface area contributed by atoms with Gasteiger partial charge in [-0.3, -0.25) is 9.59 Å². The summed E-state index contributed by atoms with van der Waals surface area (Å²) < 4.78 is 5.48. The average molecular weight is 356 g/mol. The van der Waals surface area contributed by atoms with Crippen molar-refractivity contribution >= 4 is 23.3 Å². The van der Waals surface area contributed by atoms with Gasteiger partial charge in [0.25, 0.3) is 5.91 Å². The molecule has 0 spiro atoms. The largest absolute Gasteiger partial charge is 0.483 e. The quantitative estimate of drug-likeness (QED) is 0.735. The zero-order valence-corrected chi connectivity index (χ0v) is 13.8. The number of carbonyl (C=O) groups excluding carboxylic acids is 1. The molecule has 0 saturated carbocycles. The maximum absolute atomic E-state index is 12.1. The number of aromatic amines is 1. The molecule has 0 unspecified atom stereocenters. The van der Waals surface area contributed by atoms with Gasteiger partial charge in [0.15, 0.2) is 5.75 Å². The number of ether oxygens (including phenoxy) is 1. The number of anilines is 1. The number of pyridine rings is 2. The smallest absolute Gasteiger partial charge is 0.273 e. The van der Waals surface area contributed by atoms with E-state index in [1.54, 1.807) is 36.5 Å². The Kier molecular flexibility index (Phi) is 5.11. The maximum atomic E-state index is 12.1. The van der Waals surface area contributed by atoms with Crippen LogP contribution in [-0.2, 0) is 6.61 Å². The van der Waals surface area contributed by atoms with Gasteiger partial charge in [0.1, 0.15) is 18.1 Å². The van der Waals surface area contributed by atoms with Crippen molar-refractivity contribution in [1.29, 1.82) is 0 Å². The number of nitrogens with zero attached hydrogens (tertiary/aromatic N) is 1. The Hall–Kier alpha value is -3.12. The van der Waals surface area contributed by atoms with Gasteiger partial charge in [-0.05, 0) is 29.8 Å². The molecule has 25 heavy (non-hydrogen) atoms. The molecular formula is C18H14ClN3O3. The van der Waals surface area contributed by atoms with Crippen LogP contribution in [-0.4, -0.2) is 15.9 Å². The van der Waals surface area contributed by atoms with Gasteiger partial charge in [0.05, 0.1) is 0 Å². The van der Waals surface area contributed by atoms with Crippen LogP contribution in [0.5, 0.6) is 5.75 Å². The van der Waals surface area contributed by atoms with Crippen molar-refractivity contribution in [1.82, 2.24) is 9.97 Å². The van der Waals surface area contributed by atoms with Crippen molar-refractivity contribution in [2.75, 3.05) is 5.32 Å². The summed E-state index contributed by atoms with van der Waals surface area (Å²) in [5.74, 6) is 0.0702. The molecule has 6 nitrogen and oxygen atoms in total. The molecule has 2 aromatic heterocycles. The molecule has 3 rings (SSSR count). The maximum Gasteiger partial charge on any atom is 0.273 e. The molecular weight excluding hydrogens is 342 g/mol. The number of nitrogens with one attached hydrogen (secondary N) is 2. The third-order valence-electron chi connectivity index (χ3n) is 3.34. The minimum absolute atomic E-state index is 0.120. The van der Waals surface area contributed by atoms with Gasteiger partial charge in [-0.15, -0.1) is 0 Å². The van der Waals surface area contributed by atoms with Gasteiger partial charge < -0.3 is 15.0 Å². The fraction of sp³-hybridized carbons (Fsp3) is 0.0556. The van der Waals surface area contributed by atoms with Crippen molar-refractivity contribution in [2.45, 2.75) is 6.61 Å². The Labute approximate surface area is 148 Å². The van der Waals surface area contributed by atoms with Gasteiger partial charge in [-0.25, -0.2) is 4.98 Å². The first kappa shape index (κ1) is 16.7. The van der Waals surface area contributed by atoms with Crippen LogP contribution in [0.4, 0.5) is 5.82 Å². The molecule has 0 bridgehead atoms. The highest BCUT2D eigenvalue weighted by Crippen LogP contribution is 2.12. The molecule has 0 aliphatic carbocycles. The first-order valence-corrected chi connectivity index (χ1v) is 7.82. The number of carbonyl (C=O) groups is 1. The van der Waals surface area contributed by atoms with Crippen LogP contribution < -0.4 is 15.5 Å². The van der Waals surface area contributed by atoms with E-state index in [-0.39, 0.29) is 23.5 Å². The number of benzene rings is 1. The fourth-order valence-electron chi connectivity index (χ4n) is 2.06. The first-order chi connectivity index (χ1) is 12.1. The number of amides is 1. The van der Waals surface area contributed by atoms with E-state index in [1.165, 1.54) is 12.3 Å². The van der Waals surface area contributed by atoms with Gasteiger partial charge >= 0.3 is 0 Å². The molecule has 1 amide bonds. The first-order valence-electron chi connectivity index (χ1n) is 7.44. The summed E-state index contributed by atoms with van der Waals surface area (Å²) in [5.41, 5.74) is 0.606. The second-order valence-electron chi connectivity index (χ2n) is 5.16. The second-order valence-corrected chi connectivity index (χ2v) is 5.60. The molecule has 1 aromatic carbocycles. The lowest BCUT2D eigenvalue weighted by molar-refractivity contribution is 0.102. The van der Waals surface area contributed by atoms with E-state index in [1.807, 2.05) is 12.1 Å². The molecule has 0 fully saturated rings. The molecule has 2 N–H and O–H groups in total. The van der Waals surface area contributed by atoms with E-state index in [4.69, 9.17) is 16.3 Å². The molecule has 7 heteroatoms. The summed E-state index contributed by atoms with van der Waals surface area (Å²) in [5, 5.41) is 3.22. The van der Waals surface area contributed by atoms with Crippen LogP contribution in [0.25, 0.3) is 0 Å². The van der Waals surface area contributed by atoms with E-state index in [0.29, 0.717) is 10.8 Å². The molecule has 0 aliphatic rings. The number of aromatic nitrogens is 2. The van der Waals surface area contributed by atoms with Crippen LogP contribution >= 0.6 is 11.6 Å². The lowest BCUT2D eigenvalue weighted by Gasteiger charge is -2.07. The summed E-state index contributed by atoms with van der Waals surface area (Å²) in [6.45, 7) is 0.222. The lowest BCUT2D eigenvalue weighted by Crippen LogP contribution is -2.18. The Morgan fingerprint density at radius 1 is 1.20 bits per heavy atom. The van der Waals surface area contributed by atoms with Crippen LogP contribution in [0.3, 0.4) is 0 Å². The van der Waals surface area contributed by atoms with Gasteiger partial charge in [-0.1, -0.05) is 29.8 Å². The summed E-state index contributed by atoms with van der Waals surface area (Å²) in [7, 11) is 0. The number of hydrogen-bond donors (Lipinski definition) is 2. The van der Waals surface area contributed by atoms with Gasteiger partial charge in [0.2, 0.25) is 5.43 Å². The second kappa shape index (κ2) is 7.63. The fourth-order valence-corrected chi connectivity index (χ4v) is 2.19. The van der Waals surface area contributed by atoms with E-state index in [2.05, 4.69) is 15.3 Å². The van der Waals surface area contributed by atoms with Crippen molar-refractivity contribution < 1.29 is 9.53 Å². The predicted molar refractivity (Wildman–Crippen MR) is 95.0 cm³/mol. The highest BCUT2D eigenvalue weighted by atomic mass is 35.5. The van der Waals surface area contributed by atoms with E-state index in [0.717, 1.165) is 5.56 Å². The third kappa shape index (κ3) is 4.45. The standard InChI is InChI=1S/C18H14ClN3O3/c19-13-6-4-12(5-7-13)11-25-16-10-21-14(9-15(16)23)18(24)22-17-3-1-2-8-20-17/h1-10H,11H2,(H,21,23)(H,20,22,24). The van der Waals surface area contributed by atoms with Crippen LogP contribution in [0, 0.1) is 0 Å². The highest BCUT2D eigenvalue weighted by molar-refractivity contribution is 6.30. The van der Waals surface area contributed by atoms with Crippen molar-refractivity contribution in [3.05, 3.63) is 87.4 Å². The molecule has 2 heterocycles. The Morgan fingerprint density at radius 3 is 2.68 bits per heavy atom. The van der Waals surface area contributed by atoms with E-state index >= 15 is 0 Å². The molecule has 0 radical (unpaired) electrons. The molecule has 126 valence electrons. The Bertz CT molecular complexity index is 924. The lowest BCUT2D eigenvalue weighted by atomic mass is 10.2. The average Bonchev–Trinajstić information content (AvgIpc) is 2.63. The predicted octanol–water partition coefficient (Wildman–Crippen LogP) is 3.25. The van der Waals surface area contributed by atoms with E-state index < -0.39 is 5.91 Å². The molecule has 0 aliphatic heterocycles. The minimum atomic E-state index is -0.458. The monoisotopic (exact) mass is 355 g/mol. The topological polar surface area (TPSA) is 84.1 Å². The van der Waals surface area contributed by atoms with Gasteiger partial charge in [-0.2, -0.15) is 0 Å². The normalized spacial score (nSPS) is 10.3. The van der Waals surface area contributed by atoms with Crippen LogP contribution in [0.1, 0.15) is 16.1 Å². The summed E-state index contributed by atoms with van der Waals surface area (Å²) in [6, 6.07) is 13.4. The van der Waals surface area contributed by atoms with Gasteiger partial charge in [0, 0.05) is 23.5 Å². The SMILES string of the molecule is O=C(Nc1ccccn1)c1cc(=O)c(OCc2ccc(Cl)cc2)c[nH]1. The summed E-state index contributed by atoms with van der Waals surface area (Å²) in [6.07, 6.45) is 2.93. The van der Waals surface area contributed by atoms with Crippen LogP contribution in [0.15, 0.2) is 65.7 Å². The number of hydrogen-bond acceptors (Lipinski definition) is 4. The molecule has 3 aromatic rings. The molecule has 0 atom stereocenters. The summed E-state index contributed by atoms with van der Waals surface area (Å²) in [4.78, 5) is 31.0. The zero-order valence-electron chi connectivity index (χ0n) is 13.0. The van der Waals surface area contributed by atoms with Crippen LogP contribution in [0.2, 0.25) is 5.02 Å². The van der Waals surface area contributed by atoms with E-state index in [9.17, 15) is 9.59 Å². The Morgan fingerprint density at radius 2 is 2.00 bits per heavy atom. The number of rotatable bonds is 5. The minimum Gasteiger partial charge on any atom is -0.483 e. The molecule has 0 saturated heterocycles. The number of halogens is 1. The number of H-pyrrole nitrogens is 1. The van der Waals surface area contributed by atoms with Crippen molar-refractivity contribution in [3.63, 3.8) is 0 Å². The summed E-state index contributed by atoms with van der Waals surface area (Å²) >= 11 is 5.82.